The second-order valence-corrected chi connectivity index (χ2v) is 36.9. The third-order valence-corrected chi connectivity index (χ3v) is 23.4. The van der Waals surface area contributed by atoms with Crippen molar-refractivity contribution in [3.8, 4) is 0 Å². The minimum Gasteiger partial charge on any atom is -0.396 e. The molecule has 5 aromatic rings. The second kappa shape index (κ2) is 32.2. The van der Waals surface area contributed by atoms with Gasteiger partial charge in [-0.2, -0.15) is 4.98 Å². The summed E-state index contributed by atoms with van der Waals surface area (Å²) < 4.78 is 168. The number of rotatable bonds is 32. The van der Waals surface area contributed by atoms with Crippen LogP contribution >= 0.6 is 95.2 Å². The average molecular weight is 1580 g/mol. The predicted molar refractivity (Wildman–Crippen MR) is 357 cm³/mol. The van der Waals surface area contributed by atoms with Crippen molar-refractivity contribution in [2.24, 2.45) is 0 Å². The molecule has 7 N–H and O–H groups in total. The summed E-state index contributed by atoms with van der Waals surface area (Å²) in [7, 11) is 2.32. The number of H-pyrrole nitrogens is 4. The summed E-state index contributed by atoms with van der Waals surface area (Å²) in [6.07, 6.45) is -16.9. The number of thiol groups is 5. The molecule has 0 aliphatic carbocycles. The molecule has 40 nitrogen and oxygen atoms in total. The summed E-state index contributed by atoms with van der Waals surface area (Å²) in [4.78, 5) is 107. The highest BCUT2D eigenvalue weighted by molar-refractivity contribution is 8.45. The first-order valence-corrected chi connectivity index (χ1v) is 42.6. The number of aliphatic hydroxyl groups is 1. The fourth-order valence-corrected chi connectivity index (χ4v) is 18.4. The molecule has 4 aliphatic rings. The molecule has 0 bridgehead atoms. The largest absolute Gasteiger partial charge is 0.396 e. The zero-order valence-corrected chi connectivity index (χ0v) is 61.4. The van der Waals surface area contributed by atoms with Crippen molar-refractivity contribution in [1.82, 2.24) is 48.2 Å². The Balaban J connectivity index is 0.953. The van der Waals surface area contributed by atoms with Gasteiger partial charge in [-0.1, -0.05) is 61.2 Å². The van der Waals surface area contributed by atoms with Crippen LogP contribution in [0.25, 0.3) is 11.2 Å². The Labute approximate surface area is 579 Å². The van der Waals surface area contributed by atoms with E-state index in [4.69, 9.17) is 79.4 Å². The number of nitrogens with zero attached hydrogens (tertiary/aromatic N) is 6. The number of aryl methyl sites for hydroxylation is 3. The van der Waals surface area contributed by atoms with E-state index >= 15 is 0 Å². The van der Waals surface area contributed by atoms with E-state index in [9.17, 15) is 61.5 Å². The molecule has 5 aromatic heterocycles. The Bertz CT molecular complexity index is 4420. The van der Waals surface area contributed by atoms with Crippen molar-refractivity contribution in [3.63, 3.8) is 0 Å². The second-order valence-electron chi connectivity index (χ2n) is 22.5. The number of aromatic amines is 4. The standard InChI is InChI=1S/C48H70N11O29P5S5/c1-21(2)84-90(69,95)76-16-28-26(12-32(81-28)59-20-50-33-38(59)51-45(49)52-42(33)64)86-91(70,96)77-17-27-25(11-31(80-27)56-13-22(3)39(61)53-46(56)65)85-92(71,97)78-18-29-35(37(74-7)44(82-29)58-15-24(5)41(63)55-48(58)67)88-93(72,98)79-19-30-34(87-89(68,94)75-10-8-9-60)36(73-6)43(83-30)57-14-23(4)40(62)54-47(57)66/h13-15,20-21,25-32,34-37,43-44,60H,8-12,16-19H2,1-7H3,(H,68,94)(H,69,95)(H,70,96)(H,71,97)(H,72,98)(H,53,61,65)(H,54,62,66)(H,55,63,67)(H3,49,51,52,64)/t25?,26?,27-,28-,29-,30-,31-,32-,34?,35?,36+,37+,43-,44-,89?,90?,91?,92?,93?/m1/s1. The molecule has 4 saturated heterocycles. The van der Waals surface area contributed by atoms with Gasteiger partial charge in [0.2, 0.25) is 5.95 Å². The topological polar surface area (TPSA) is 507 Å². The number of imidazole rings is 1. The van der Waals surface area contributed by atoms with Gasteiger partial charge in [-0.25, -0.2) is 42.2 Å². The SMILES string of the molecule is CO[C@H]1C(OP(=O)(S)OC[C@H]2O[C@@H](n3cc(C)c(=O)[nH]c3=O)[C@@H](OC)C2OP(=O)(S)OCCCO)[C@@H](COP(=O)(S)OC2C[C@H](n3cc(C)c(=O)[nH]c3=O)O[C@@H]2COP(=O)(S)OC2C[C@H](n3cnc4c(=O)[nH]c(N)nc43)O[C@@H]2COP(=O)(S)OC(C)C)O[C@H]1n1cc(C)c(=O)[nH]c1=O. The van der Waals surface area contributed by atoms with Gasteiger partial charge in [0.15, 0.2) is 23.6 Å². The van der Waals surface area contributed by atoms with E-state index in [2.05, 4.69) is 91.1 Å². The highest BCUT2D eigenvalue weighted by Gasteiger charge is 2.54. The Morgan fingerprint density at radius 3 is 1.39 bits per heavy atom. The van der Waals surface area contributed by atoms with Gasteiger partial charge >= 0.3 is 51.1 Å². The number of anilines is 1. The molecular weight excluding hydrogens is 1510 g/mol. The van der Waals surface area contributed by atoms with E-state index in [1.807, 2.05) is 0 Å². The molecule has 4 aliphatic heterocycles. The van der Waals surface area contributed by atoms with Gasteiger partial charge in [-0.05, 0) is 41.0 Å². The number of nitrogens with two attached hydrogens (primary N) is 1. The molecule has 19 atom stereocenters. The van der Waals surface area contributed by atoms with Crippen molar-refractivity contribution >= 4 is 112 Å². The van der Waals surface area contributed by atoms with Gasteiger partial charge in [0.05, 0.1) is 45.5 Å². The Hall–Kier alpha value is -3.59. The van der Waals surface area contributed by atoms with Crippen LogP contribution in [0.3, 0.4) is 0 Å². The highest BCUT2D eigenvalue weighted by atomic mass is 32.7. The van der Waals surface area contributed by atoms with Crippen LogP contribution < -0.4 is 45.0 Å². The van der Waals surface area contributed by atoms with Crippen LogP contribution in [0.5, 0.6) is 0 Å². The summed E-state index contributed by atoms with van der Waals surface area (Å²) in [5, 5.41) is 9.32. The van der Waals surface area contributed by atoms with Crippen LogP contribution in [0.1, 0.15) is 74.7 Å². The Morgan fingerprint density at radius 2 is 0.949 bits per heavy atom. The Morgan fingerprint density at radius 1 is 0.551 bits per heavy atom. The summed E-state index contributed by atoms with van der Waals surface area (Å²) in [6.45, 7) is -19.3. The first-order chi connectivity index (χ1) is 45.9. The molecule has 9 heterocycles. The van der Waals surface area contributed by atoms with Gasteiger partial charge in [0.1, 0.15) is 73.5 Å². The quantitative estimate of drug-likeness (QED) is 0.0167. The molecular formula is C48H70N11O29P5S5. The molecule has 0 spiro atoms. The lowest BCUT2D eigenvalue weighted by Gasteiger charge is -2.28. The predicted octanol–water partition coefficient (Wildman–Crippen LogP) is 3.30. The fourth-order valence-electron chi connectivity index (χ4n) is 10.6. The first-order valence-electron chi connectivity index (χ1n) is 29.2. The van der Waals surface area contributed by atoms with Crippen LogP contribution in [0.2, 0.25) is 0 Å². The summed E-state index contributed by atoms with van der Waals surface area (Å²) in [5.74, 6) is -0.254. The number of aromatic nitrogens is 10. The normalized spacial score (nSPS) is 29.0. The van der Waals surface area contributed by atoms with Crippen LogP contribution in [-0.2, 0) is 96.5 Å². The lowest BCUT2D eigenvalue weighted by Crippen LogP contribution is -2.40. The molecule has 9 unspecified atom stereocenters. The maximum atomic E-state index is 14.7. The lowest BCUT2D eigenvalue weighted by molar-refractivity contribution is -0.0625. The van der Waals surface area contributed by atoms with E-state index in [1.54, 1.807) is 13.8 Å². The maximum Gasteiger partial charge on any atom is 0.386 e. The van der Waals surface area contributed by atoms with Crippen molar-refractivity contribution in [3.05, 3.63) is 114 Å². The molecule has 0 aromatic carbocycles. The number of hydrogen-bond donors (Lipinski definition) is 11. The van der Waals surface area contributed by atoms with Gasteiger partial charge in [0.25, 0.3) is 22.2 Å². The summed E-state index contributed by atoms with van der Waals surface area (Å²) in [6, 6.07) is 0. The minimum atomic E-state index is -4.89. The maximum absolute atomic E-state index is 14.7. The average Bonchev–Trinajstić information content (AvgIpc) is 1.63. The molecule has 0 amide bonds. The van der Waals surface area contributed by atoms with E-state index in [0.29, 0.717) is 0 Å². The van der Waals surface area contributed by atoms with Crippen LogP contribution in [-0.4, -0.2) is 174 Å². The number of fused-ring (bicyclic) bond motifs is 1. The van der Waals surface area contributed by atoms with Crippen molar-refractivity contribution in [2.45, 2.75) is 146 Å². The van der Waals surface area contributed by atoms with Gasteiger partial charge in [-0.3, -0.25) is 98.1 Å². The molecule has 0 radical (unpaired) electrons. The lowest BCUT2D eigenvalue weighted by atomic mass is 10.1. The Kier molecular flexibility index (Phi) is 25.8. The number of hydrogen-bond acceptors (Lipinski definition) is 32. The van der Waals surface area contributed by atoms with Crippen LogP contribution in [0.15, 0.2) is 58.5 Å². The summed E-state index contributed by atoms with van der Waals surface area (Å²) in [5.41, 5.74) is 0.00413. The van der Waals surface area contributed by atoms with Gasteiger partial charge in [0, 0.05) is 68.9 Å². The van der Waals surface area contributed by atoms with Gasteiger partial charge < -0.3 is 43.8 Å². The zero-order valence-electron chi connectivity index (χ0n) is 52.4. The first kappa shape index (κ1) is 78.5. The van der Waals surface area contributed by atoms with Gasteiger partial charge in [-0.15, -0.1) is 0 Å². The minimum absolute atomic E-state index is 0.00916. The van der Waals surface area contributed by atoms with Crippen molar-refractivity contribution in [2.75, 3.05) is 59.6 Å². The summed E-state index contributed by atoms with van der Waals surface area (Å²) >= 11 is 20.8. The fraction of sp³-hybridized carbons (Fsp3) is 0.646. The van der Waals surface area contributed by atoms with E-state index in [-0.39, 0.29) is 59.9 Å². The smallest absolute Gasteiger partial charge is 0.386 e. The van der Waals surface area contributed by atoms with Crippen molar-refractivity contribution < 1.29 is 102 Å². The number of nitrogens with one attached hydrogen (secondary N) is 4. The molecule has 4 fully saturated rings. The number of aliphatic hydroxyl groups excluding tert-OH is 1. The third-order valence-electron chi connectivity index (χ3n) is 15.1. The zero-order chi connectivity index (χ0) is 71.7. The number of methoxy groups -OCH3 is 2. The molecule has 98 heavy (non-hydrogen) atoms. The third kappa shape index (κ3) is 19.2. The highest BCUT2D eigenvalue weighted by Crippen LogP contribution is 2.62. The van der Waals surface area contributed by atoms with Crippen LogP contribution in [0.4, 0.5) is 5.95 Å². The number of nitrogen functional groups attached to an aromatic ring is 1. The molecule has 9 rings (SSSR count). The molecule has 50 heteroatoms. The van der Waals surface area contributed by atoms with E-state index in [1.165, 1.54) is 45.0 Å². The van der Waals surface area contributed by atoms with E-state index in [0.717, 1.165) is 33.2 Å². The monoisotopic (exact) mass is 1580 g/mol. The van der Waals surface area contributed by atoms with Crippen LogP contribution in [0, 0.1) is 20.8 Å². The number of ether oxygens (including phenoxy) is 6. The molecule has 0 saturated carbocycles. The van der Waals surface area contributed by atoms with E-state index < -0.39 is 198 Å². The molecule has 546 valence electrons. The van der Waals surface area contributed by atoms with Crippen molar-refractivity contribution in [1.29, 1.82) is 0 Å².